The summed E-state index contributed by atoms with van der Waals surface area (Å²) in [7, 11) is 0. The molecule has 1 aliphatic carbocycles. The van der Waals surface area contributed by atoms with Crippen LogP contribution in [0.15, 0.2) is 23.2 Å². The molecule has 0 atom stereocenters. The lowest BCUT2D eigenvalue weighted by Crippen LogP contribution is -2.36. The first kappa shape index (κ1) is 10.7. The Kier molecular flexibility index (Phi) is 3.41. The van der Waals surface area contributed by atoms with Crippen LogP contribution >= 0.6 is 0 Å². The first-order chi connectivity index (χ1) is 7.29. The van der Waals surface area contributed by atoms with E-state index < -0.39 is 0 Å². The zero-order valence-electron chi connectivity index (χ0n) is 9.26. The van der Waals surface area contributed by atoms with Crippen molar-refractivity contribution in [2.24, 2.45) is 0 Å². The van der Waals surface area contributed by atoms with Crippen molar-refractivity contribution in [1.82, 2.24) is 4.90 Å². The van der Waals surface area contributed by atoms with Gasteiger partial charge in [0, 0.05) is 24.4 Å². The summed E-state index contributed by atoms with van der Waals surface area (Å²) in [5, 5.41) is 0. The molecule has 1 fully saturated rings. The van der Waals surface area contributed by atoms with Crippen molar-refractivity contribution in [3.05, 3.63) is 23.2 Å². The molecule has 2 aliphatic rings. The maximum absolute atomic E-state index is 13.4. The van der Waals surface area contributed by atoms with Crippen molar-refractivity contribution in [2.75, 3.05) is 26.3 Å². The van der Waals surface area contributed by atoms with E-state index in [0.29, 0.717) is 0 Å². The summed E-state index contributed by atoms with van der Waals surface area (Å²) in [6, 6.07) is 0. The quantitative estimate of drug-likeness (QED) is 0.661. The van der Waals surface area contributed by atoms with Gasteiger partial charge in [-0.15, -0.1) is 0 Å². The van der Waals surface area contributed by atoms with E-state index in [1.54, 1.807) is 6.92 Å². The molecule has 2 rings (SSSR count). The number of hydrogen-bond donors (Lipinski definition) is 0. The van der Waals surface area contributed by atoms with Crippen LogP contribution in [0.5, 0.6) is 0 Å². The van der Waals surface area contributed by atoms with E-state index in [0.717, 1.165) is 56.8 Å². The third-order valence-electron chi connectivity index (χ3n) is 3.05. The zero-order chi connectivity index (χ0) is 10.7. The summed E-state index contributed by atoms with van der Waals surface area (Å²) in [4.78, 5) is 2.25. The van der Waals surface area contributed by atoms with Crippen LogP contribution < -0.4 is 0 Å². The highest BCUT2D eigenvalue weighted by molar-refractivity contribution is 5.34. The second-order valence-corrected chi connectivity index (χ2v) is 4.09. The van der Waals surface area contributed by atoms with Crippen molar-refractivity contribution < 1.29 is 9.13 Å². The first-order valence-electron chi connectivity index (χ1n) is 5.67. The molecular weight excluding hydrogens is 193 g/mol. The number of hydrogen-bond acceptors (Lipinski definition) is 2. The van der Waals surface area contributed by atoms with Crippen LogP contribution in [0.1, 0.15) is 26.2 Å². The summed E-state index contributed by atoms with van der Waals surface area (Å²) in [5.41, 5.74) is 2.02. The molecule has 0 amide bonds. The predicted molar refractivity (Wildman–Crippen MR) is 58.1 cm³/mol. The van der Waals surface area contributed by atoms with Gasteiger partial charge in [-0.05, 0) is 26.2 Å². The van der Waals surface area contributed by atoms with Crippen LogP contribution in [0, 0.1) is 0 Å². The minimum atomic E-state index is -0.0209. The molecule has 0 bridgehead atoms. The highest BCUT2D eigenvalue weighted by atomic mass is 19.1. The Balaban J connectivity index is 2.17. The van der Waals surface area contributed by atoms with E-state index in [4.69, 9.17) is 4.74 Å². The van der Waals surface area contributed by atoms with E-state index in [9.17, 15) is 4.39 Å². The second-order valence-electron chi connectivity index (χ2n) is 4.09. The molecule has 1 aliphatic heterocycles. The summed E-state index contributed by atoms with van der Waals surface area (Å²) in [6.07, 6.45) is 5.20. The molecule has 3 heteroatoms. The molecular formula is C12H18FNO. The maximum Gasteiger partial charge on any atom is 0.102 e. The lowest BCUT2D eigenvalue weighted by atomic mass is 9.96. The number of morpholine rings is 1. The van der Waals surface area contributed by atoms with Gasteiger partial charge in [-0.1, -0.05) is 6.08 Å². The Morgan fingerprint density at radius 1 is 1.40 bits per heavy atom. The molecule has 0 spiro atoms. The van der Waals surface area contributed by atoms with Gasteiger partial charge in [0.05, 0.1) is 13.2 Å². The molecule has 0 radical (unpaired) electrons. The van der Waals surface area contributed by atoms with Crippen LogP contribution in [-0.2, 0) is 4.74 Å². The standard InChI is InChI=1S/C12H18FNO/c1-10(13)11-4-2-3-5-12(11)14-6-8-15-9-7-14/h5H,2-4,6-9H2,1H3/b11-10+. The predicted octanol–water partition coefficient (Wildman–Crippen LogP) is 2.63. The van der Waals surface area contributed by atoms with Gasteiger partial charge in [-0.2, -0.15) is 0 Å². The van der Waals surface area contributed by atoms with Crippen molar-refractivity contribution in [2.45, 2.75) is 26.2 Å². The topological polar surface area (TPSA) is 12.5 Å². The van der Waals surface area contributed by atoms with Crippen molar-refractivity contribution in [1.29, 1.82) is 0 Å². The Hall–Kier alpha value is -0.830. The molecule has 0 saturated carbocycles. The highest BCUT2D eigenvalue weighted by Crippen LogP contribution is 2.30. The summed E-state index contributed by atoms with van der Waals surface area (Å²) in [6.45, 7) is 4.87. The molecule has 2 nitrogen and oxygen atoms in total. The van der Waals surface area contributed by atoms with E-state index >= 15 is 0 Å². The Morgan fingerprint density at radius 2 is 2.13 bits per heavy atom. The van der Waals surface area contributed by atoms with Crippen molar-refractivity contribution in [3.63, 3.8) is 0 Å². The van der Waals surface area contributed by atoms with Gasteiger partial charge in [0.2, 0.25) is 0 Å². The summed E-state index contributed by atoms with van der Waals surface area (Å²) < 4.78 is 18.7. The molecule has 0 aromatic rings. The largest absolute Gasteiger partial charge is 0.378 e. The molecule has 84 valence electrons. The van der Waals surface area contributed by atoms with Gasteiger partial charge in [0.15, 0.2) is 0 Å². The van der Waals surface area contributed by atoms with Crippen LogP contribution in [-0.4, -0.2) is 31.2 Å². The SMILES string of the molecule is C/C(F)=C1/CCCC=C1N1CCOCC1. The number of rotatable bonds is 1. The normalized spacial score (nSPS) is 26.3. The van der Waals surface area contributed by atoms with Crippen LogP contribution in [0.25, 0.3) is 0 Å². The number of nitrogens with zero attached hydrogens (tertiary/aromatic N) is 1. The van der Waals surface area contributed by atoms with Gasteiger partial charge in [0.25, 0.3) is 0 Å². The second kappa shape index (κ2) is 4.79. The van der Waals surface area contributed by atoms with Gasteiger partial charge in [-0.3, -0.25) is 0 Å². The van der Waals surface area contributed by atoms with Gasteiger partial charge in [-0.25, -0.2) is 4.39 Å². The summed E-state index contributed by atoms with van der Waals surface area (Å²) >= 11 is 0. The van der Waals surface area contributed by atoms with Gasteiger partial charge in [0.1, 0.15) is 5.83 Å². The minimum Gasteiger partial charge on any atom is -0.378 e. The smallest absolute Gasteiger partial charge is 0.102 e. The van der Waals surface area contributed by atoms with Crippen molar-refractivity contribution in [3.8, 4) is 0 Å². The number of ether oxygens (including phenoxy) is 1. The fraction of sp³-hybridized carbons (Fsp3) is 0.667. The molecule has 0 aromatic carbocycles. The minimum absolute atomic E-state index is 0.0209. The lowest BCUT2D eigenvalue weighted by molar-refractivity contribution is 0.0539. The Labute approximate surface area is 90.4 Å². The van der Waals surface area contributed by atoms with Crippen LogP contribution in [0.4, 0.5) is 4.39 Å². The Bertz CT molecular complexity index is 286. The highest BCUT2D eigenvalue weighted by Gasteiger charge is 2.20. The molecule has 0 unspecified atom stereocenters. The van der Waals surface area contributed by atoms with E-state index in [2.05, 4.69) is 11.0 Å². The van der Waals surface area contributed by atoms with Gasteiger partial charge < -0.3 is 9.64 Å². The molecule has 15 heavy (non-hydrogen) atoms. The maximum atomic E-state index is 13.4. The van der Waals surface area contributed by atoms with E-state index in [1.807, 2.05) is 0 Å². The molecule has 0 aromatic heterocycles. The van der Waals surface area contributed by atoms with Gasteiger partial charge >= 0.3 is 0 Å². The first-order valence-corrected chi connectivity index (χ1v) is 5.67. The zero-order valence-corrected chi connectivity index (χ0v) is 9.26. The van der Waals surface area contributed by atoms with Crippen LogP contribution in [0.2, 0.25) is 0 Å². The molecule has 1 saturated heterocycles. The number of halogens is 1. The van der Waals surface area contributed by atoms with E-state index in [-0.39, 0.29) is 5.83 Å². The van der Waals surface area contributed by atoms with Crippen molar-refractivity contribution >= 4 is 0 Å². The third-order valence-corrected chi connectivity index (χ3v) is 3.05. The van der Waals surface area contributed by atoms with E-state index in [1.165, 1.54) is 0 Å². The fourth-order valence-corrected chi connectivity index (χ4v) is 2.24. The lowest BCUT2D eigenvalue weighted by Gasteiger charge is -2.34. The molecule has 0 N–H and O–H groups in total. The fourth-order valence-electron chi connectivity index (χ4n) is 2.24. The average molecular weight is 211 g/mol. The molecule has 1 heterocycles. The third kappa shape index (κ3) is 2.40. The Morgan fingerprint density at radius 3 is 2.80 bits per heavy atom. The average Bonchev–Trinajstić information content (AvgIpc) is 2.30. The van der Waals surface area contributed by atoms with Crippen LogP contribution in [0.3, 0.4) is 0 Å². The summed E-state index contributed by atoms with van der Waals surface area (Å²) in [5.74, 6) is -0.0209. The number of allylic oxidation sites excluding steroid dienone is 3. The monoisotopic (exact) mass is 211 g/mol.